The Morgan fingerprint density at radius 2 is 1.97 bits per heavy atom. The van der Waals surface area contributed by atoms with Crippen LogP contribution >= 0.6 is 0 Å². The number of fused-ring (bicyclic) bond motifs is 1. The number of hydrogen-bond acceptors (Lipinski definition) is 4. The maximum atomic E-state index is 6.07. The zero-order chi connectivity index (χ0) is 21.1. The van der Waals surface area contributed by atoms with Crippen LogP contribution in [0.4, 0.5) is 0 Å². The Morgan fingerprint density at radius 3 is 2.74 bits per heavy atom. The van der Waals surface area contributed by atoms with Crippen LogP contribution in [0, 0.1) is 0 Å². The van der Waals surface area contributed by atoms with E-state index in [0.29, 0.717) is 13.2 Å². The van der Waals surface area contributed by atoms with Crippen molar-refractivity contribution in [1.82, 2.24) is 5.43 Å². The van der Waals surface area contributed by atoms with Gasteiger partial charge in [0.1, 0.15) is 24.3 Å². The average Bonchev–Trinajstić information content (AvgIpc) is 3.11. The molecule has 2 aromatic rings. The molecule has 0 saturated carbocycles. The number of nitrogens with zero attached hydrogens (tertiary/aromatic N) is 3. The summed E-state index contributed by atoms with van der Waals surface area (Å²) in [4.78, 5) is 9.44. The summed E-state index contributed by atoms with van der Waals surface area (Å²) in [6, 6.07) is 18.3. The van der Waals surface area contributed by atoms with Gasteiger partial charge >= 0.3 is 0 Å². The summed E-state index contributed by atoms with van der Waals surface area (Å²) in [5, 5.41) is 0. The first-order valence-electron chi connectivity index (χ1n) is 10.3. The van der Waals surface area contributed by atoms with Crippen molar-refractivity contribution in [3.05, 3.63) is 126 Å². The van der Waals surface area contributed by atoms with Crippen molar-refractivity contribution < 1.29 is 9.33 Å². The lowest BCUT2D eigenvalue weighted by atomic mass is 10.0. The number of quaternary nitrogens is 1. The number of ether oxygens (including phenoxy) is 1. The highest BCUT2D eigenvalue weighted by Crippen LogP contribution is 2.37. The van der Waals surface area contributed by atoms with E-state index in [1.165, 1.54) is 0 Å². The fraction of sp³-hybridized carbons (Fsp3) is 0.0769. The highest BCUT2D eigenvalue weighted by molar-refractivity contribution is 6.01. The van der Waals surface area contributed by atoms with Gasteiger partial charge < -0.3 is 4.74 Å². The summed E-state index contributed by atoms with van der Waals surface area (Å²) in [5.74, 6) is 1.68. The lowest BCUT2D eigenvalue weighted by Gasteiger charge is -2.32. The maximum Gasteiger partial charge on any atom is 0.265 e. The lowest BCUT2D eigenvalue weighted by molar-refractivity contribution is -0.788. The van der Waals surface area contributed by atoms with Crippen LogP contribution in [0.5, 0.6) is 5.75 Å². The number of allylic oxidation sites excluding steroid dienone is 4. The van der Waals surface area contributed by atoms with Crippen LogP contribution in [-0.2, 0) is 6.61 Å². The van der Waals surface area contributed by atoms with Crippen molar-refractivity contribution in [2.24, 2.45) is 9.98 Å². The molecule has 0 bridgehead atoms. The molecule has 1 aliphatic carbocycles. The third-order valence-electron chi connectivity index (χ3n) is 5.40. The van der Waals surface area contributed by atoms with Gasteiger partial charge in [0.05, 0.1) is 24.5 Å². The van der Waals surface area contributed by atoms with E-state index >= 15 is 0 Å². The molecule has 5 heteroatoms. The second-order valence-electron chi connectivity index (χ2n) is 7.40. The van der Waals surface area contributed by atoms with Gasteiger partial charge in [-0.25, -0.2) is 0 Å². The van der Waals surface area contributed by atoms with Gasteiger partial charge in [-0.1, -0.05) is 60.7 Å². The highest BCUT2D eigenvalue weighted by Gasteiger charge is 2.47. The Bertz CT molecular complexity index is 1200. The van der Waals surface area contributed by atoms with Gasteiger partial charge in [-0.2, -0.15) is 4.99 Å². The van der Waals surface area contributed by atoms with E-state index in [4.69, 9.17) is 9.73 Å². The zero-order valence-electron chi connectivity index (χ0n) is 17.1. The fourth-order valence-electron chi connectivity index (χ4n) is 3.80. The third-order valence-corrected chi connectivity index (χ3v) is 5.40. The molecule has 2 aliphatic heterocycles. The van der Waals surface area contributed by atoms with Crippen molar-refractivity contribution in [1.29, 1.82) is 0 Å². The smallest absolute Gasteiger partial charge is 0.265 e. The van der Waals surface area contributed by atoms with Crippen molar-refractivity contribution >= 4 is 12.1 Å². The van der Waals surface area contributed by atoms with Crippen LogP contribution in [0.25, 0.3) is 0 Å². The molecule has 2 heterocycles. The van der Waals surface area contributed by atoms with Gasteiger partial charge in [-0.15, -0.1) is 16.6 Å². The van der Waals surface area contributed by atoms with E-state index in [-0.39, 0.29) is 4.59 Å². The number of rotatable bonds is 8. The van der Waals surface area contributed by atoms with Crippen LogP contribution in [0.2, 0.25) is 0 Å². The van der Waals surface area contributed by atoms with Gasteiger partial charge in [0.2, 0.25) is 5.70 Å². The van der Waals surface area contributed by atoms with Crippen LogP contribution in [0.15, 0.2) is 125 Å². The second-order valence-corrected chi connectivity index (χ2v) is 7.40. The van der Waals surface area contributed by atoms with Crippen LogP contribution < -0.4 is 10.2 Å². The molecule has 0 spiro atoms. The molecule has 0 fully saturated rings. The van der Waals surface area contributed by atoms with Crippen LogP contribution in [-0.4, -0.2) is 23.2 Å². The van der Waals surface area contributed by atoms with Gasteiger partial charge in [0, 0.05) is 5.57 Å². The predicted molar refractivity (Wildman–Crippen MR) is 124 cm³/mol. The zero-order valence-corrected chi connectivity index (χ0v) is 17.1. The first-order chi connectivity index (χ1) is 15.3. The summed E-state index contributed by atoms with van der Waals surface area (Å²) < 4.78 is 6.36. The number of hydrogen-bond donors (Lipinski definition) is 1. The number of nitrogens with one attached hydrogen (secondary N) is 1. The molecule has 152 valence electrons. The molecule has 5 rings (SSSR count). The molecule has 0 saturated heterocycles. The van der Waals surface area contributed by atoms with Crippen LogP contribution in [0.3, 0.4) is 0 Å². The Labute approximate surface area is 182 Å². The molecule has 0 radical (unpaired) electrons. The third kappa shape index (κ3) is 3.50. The topological polar surface area (TPSA) is 46.0 Å². The minimum atomic E-state index is 0.290. The van der Waals surface area contributed by atoms with Crippen molar-refractivity contribution in [2.45, 2.75) is 6.61 Å². The van der Waals surface area contributed by atoms with Crippen molar-refractivity contribution in [3.63, 3.8) is 0 Å². The lowest BCUT2D eigenvalue weighted by Crippen LogP contribution is -2.56. The number of amidine groups is 1. The average molecular weight is 407 g/mol. The number of benzene rings is 2. The largest absolute Gasteiger partial charge is 0.489 e. The normalized spacial score (nSPS) is 20.8. The van der Waals surface area contributed by atoms with E-state index < -0.39 is 0 Å². The van der Waals surface area contributed by atoms with E-state index in [0.717, 1.165) is 39.7 Å². The molecule has 1 unspecified atom stereocenters. The Balaban J connectivity index is 1.50. The van der Waals surface area contributed by atoms with Gasteiger partial charge in [-0.3, -0.25) is 4.99 Å². The van der Waals surface area contributed by atoms with Crippen LogP contribution in [0.1, 0.15) is 11.1 Å². The Hall–Kier alpha value is -3.80. The van der Waals surface area contributed by atoms with E-state index in [2.05, 4.69) is 47.3 Å². The van der Waals surface area contributed by atoms with Gasteiger partial charge in [-0.05, 0) is 23.8 Å². The second kappa shape index (κ2) is 8.14. The summed E-state index contributed by atoms with van der Waals surface area (Å²) in [6.07, 6.45) is 13.7. The molecule has 5 nitrogen and oxygen atoms in total. The summed E-state index contributed by atoms with van der Waals surface area (Å²) >= 11 is 0. The Kier molecular flexibility index (Phi) is 5.04. The summed E-state index contributed by atoms with van der Waals surface area (Å²) in [5.41, 5.74) is 8.71. The quantitative estimate of drug-likeness (QED) is 0.505. The van der Waals surface area contributed by atoms with Gasteiger partial charge in [0.25, 0.3) is 5.84 Å². The fourth-order valence-corrected chi connectivity index (χ4v) is 3.80. The molecule has 3 aliphatic rings. The van der Waals surface area contributed by atoms with Crippen molar-refractivity contribution in [3.8, 4) is 5.75 Å². The number of aliphatic imine (C=N–C) groups is 2. The molecule has 0 aromatic heterocycles. The minimum Gasteiger partial charge on any atom is -0.489 e. The molecule has 0 amide bonds. The minimum absolute atomic E-state index is 0.290. The molecule has 2 aromatic carbocycles. The molecule has 31 heavy (non-hydrogen) atoms. The highest BCUT2D eigenvalue weighted by atomic mass is 16.5. The van der Waals surface area contributed by atoms with Crippen molar-refractivity contribution in [2.75, 3.05) is 6.54 Å². The van der Waals surface area contributed by atoms with E-state index in [1.807, 2.05) is 61.0 Å². The maximum absolute atomic E-state index is 6.07. The summed E-state index contributed by atoms with van der Waals surface area (Å²) in [7, 11) is 0. The SMILES string of the molecule is C=CCN[N+]12C=CN=CC1=C(C1=CC=C1)N=C2c1cccc(OCc2ccccc2)c1. The summed E-state index contributed by atoms with van der Waals surface area (Å²) in [6.45, 7) is 5.01. The first-order valence-corrected chi connectivity index (χ1v) is 10.3. The molecular formula is C26H23N4O+. The first kappa shape index (κ1) is 19.2. The predicted octanol–water partition coefficient (Wildman–Crippen LogP) is 4.80. The standard InChI is InChI=1S/C26H23N4O/c1-2-14-28-30-16-15-27-18-24(30)25(21-10-6-11-21)29-26(30)22-12-7-13-23(17-22)31-19-20-8-4-3-5-9-20/h2-13,15-18,28H,1,14,19H2/q+1. The molecular weight excluding hydrogens is 384 g/mol. The Morgan fingerprint density at radius 1 is 1.10 bits per heavy atom. The molecule has 1 N–H and O–H groups in total. The van der Waals surface area contributed by atoms with Gasteiger partial charge in [0.15, 0.2) is 0 Å². The monoisotopic (exact) mass is 407 g/mol. The molecule has 1 atom stereocenters. The van der Waals surface area contributed by atoms with E-state index in [9.17, 15) is 0 Å². The van der Waals surface area contributed by atoms with E-state index in [1.54, 1.807) is 6.20 Å².